The maximum absolute atomic E-state index is 9.37. The minimum Gasteiger partial charge on any atom is -0.366 e. The first kappa shape index (κ1) is 16.8. The maximum Gasteiger partial charge on any atom is 0.101 e. The average Bonchev–Trinajstić information content (AvgIpc) is 2.72. The summed E-state index contributed by atoms with van der Waals surface area (Å²) >= 11 is 0. The van der Waals surface area contributed by atoms with E-state index in [4.69, 9.17) is 0 Å². The number of para-hydroxylation sites is 2. The van der Waals surface area contributed by atoms with Crippen molar-refractivity contribution in [3.8, 4) is 24.3 Å². The van der Waals surface area contributed by atoms with Gasteiger partial charge < -0.3 is 9.80 Å². The molecule has 0 N–H and O–H groups in total. The van der Waals surface area contributed by atoms with Crippen LogP contribution < -0.4 is 9.80 Å². The van der Waals surface area contributed by atoms with Crippen LogP contribution in [0.5, 0.6) is 0 Å². The molecule has 0 bridgehead atoms. The molecule has 0 saturated carbocycles. The minimum atomic E-state index is 0.479. The van der Waals surface area contributed by atoms with Gasteiger partial charge in [-0.3, -0.25) is 0 Å². The van der Waals surface area contributed by atoms with Crippen molar-refractivity contribution in [3.05, 3.63) is 58.7 Å². The van der Waals surface area contributed by atoms with Gasteiger partial charge in [0.15, 0.2) is 0 Å². The van der Waals surface area contributed by atoms with Crippen molar-refractivity contribution in [1.82, 2.24) is 0 Å². The Hall–Kier alpha value is -4.00. The standard InChI is InChI=1S/C20H14N6/c21-11-15-3-1-4-16(12-22)19(15)25-7-9-26(10-8-25)20-17(13-23)5-2-6-18(20)14-24/h1-6H,7-10H2. The van der Waals surface area contributed by atoms with Crippen molar-refractivity contribution >= 4 is 11.4 Å². The summed E-state index contributed by atoms with van der Waals surface area (Å²) in [5, 5.41) is 37.5. The molecule has 0 aromatic heterocycles. The molecule has 26 heavy (non-hydrogen) atoms. The number of anilines is 2. The Labute approximate surface area is 151 Å². The molecule has 6 nitrogen and oxygen atoms in total. The van der Waals surface area contributed by atoms with Crippen molar-refractivity contribution in [2.45, 2.75) is 0 Å². The third-order valence-electron chi connectivity index (χ3n) is 4.47. The van der Waals surface area contributed by atoms with E-state index in [9.17, 15) is 21.0 Å². The smallest absolute Gasteiger partial charge is 0.101 e. The largest absolute Gasteiger partial charge is 0.366 e. The van der Waals surface area contributed by atoms with Crippen LogP contribution in [0.3, 0.4) is 0 Å². The molecule has 1 aliphatic heterocycles. The quantitative estimate of drug-likeness (QED) is 0.833. The van der Waals surface area contributed by atoms with E-state index >= 15 is 0 Å². The van der Waals surface area contributed by atoms with E-state index in [1.54, 1.807) is 36.4 Å². The summed E-state index contributed by atoms with van der Waals surface area (Å²) in [6.07, 6.45) is 0. The summed E-state index contributed by atoms with van der Waals surface area (Å²) in [6.45, 7) is 2.38. The lowest BCUT2D eigenvalue weighted by Crippen LogP contribution is -2.47. The zero-order valence-corrected chi connectivity index (χ0v) is 14.0. The molecule has 1 saturated heterocycles. The SMILES string of the molecule is N#Cc1cccc(C#N)c1N1CCN(c2c(C#N)cccc2C#N)CC1. The summed E-state index contributed by atoms with van der Waals surface area (Å²) in [5.74, 6) is 0. The molecule has 2 aromatic carbocycles. The van der Waals surface area contributed by atoms with Gasteiger partial charge in [0.2, 0.25) is 0 Å². The molecule has 3 rings (SSSR count). The summed E-state index contributed by atoms with van der Waals surface area (Å²) in [5.41, 5.74) is 3.23. The van der Waals surface area contributed by atoms with E-state index < -0.39 is 0 Å². The van der Waals surface area contributed by atoms with Crippen molar-refractivity contribution in [3.63, 3.8) is 0 Å². The van der Waals surface area contributed by atoms with Crippen LogP contribution in [0.2, 0.25) is 0 Å². The summed E-state index contributed by atoms with van der Waals surface area (Å²) in [4.78, 5) is 4.04. The van der Waals surface area contributed by atoms with Gasteiger partial charge in [0, 0.05) is 26.2 Å². The molecule has 0 radical (unpaired) electrons. The van der Waals surface area contributed by atoms with Crippen LogP contribution in [0, 0.1) is 45.3 Å². The average molecular weight is 338 g/mol. The molecule has 1 fully saturated rings. The van der Waals surface area contributed by atoms with Crippen LogP contribution >= 0.6 is 0 Å². The molecule has 1 aliphatic rings. The predicted octanol–water partition coefficient (Wildman–Crippen LogP) is 2.50. The van der Waals surface area contributed by atoms with Crippen LogP contribution in [-0.2, 0) is 0 Å². The molecule has 0 unspecified atom stereocenters. The van der Waals surface area contributed by atoms with Crippen LogP contribution in [-0.4, -0.2) is 26.2 Å². The Morgan fingerprint density at radius 2 is 0.808 bits per heavy atom. The Balaban J connectivity index is 1.89. The van der Waals surface area contributed by atoms with E-state index in [1.807, 2.05) is 9.80 Å². The number of hydrogen-bond donors (Lipinski definition) is 0. The Morgan fingerprint density at radius 3 is 1.04 bits per heavy atom. The van der Waals surface area contributed by atoms with Crippen molar-refractivity contribution in [2.24, 2.45) is 0 Å². The normalized spacial score (nSPS) is 13.2. The van der Waals surface area contributed by atoms with Gasteiger partial charge in [-0.1, -0.05) is 12.1 Å². The summed E-state index contributed by atoms with van der Waals surface area (Å²) < 4.78 is 0. The molecule has 0 spiro atoms. The molecular weight excluding hydrogens is 324 g/mol. The fourth-order valence-electron chi connectivity index (χ4n) is 3.28. The van der Waals surface area contributed by atoms with E-state index in [-0.39, 0.29) is 0 Å². The molecular formula is C20H14N6. The molecule has 6 heteroatoms. The molecule has 0 amide bonds. The van der Waals surface area contributed by atoms with Gasteiger partial charge in [-0.15, -0.1) is 0 Å². The van der Waals surface area contributed by atoms with E-state index in [2.05, 4.69) is 24.3 Å². The molecule has 2 aromatic rings. The molecule has 0 aliphatic carbocycles. The van der Waals surface area contributed by atoms with Gasteiger partial charge >= 0.3 is 0 Å². The summed E-state index contributed by atoms with van der Waals surface area (Å²) in [7, 11) is 0. The van der Waals surface area contributed by atoms with Gasteiger partial charge in [0.1, 0.15) is 24.3 Å². The fraction of sp³-hybridized carbons (Fsp3) is 0.200. The van der Waals surface area contributed by atoms with Gasteiger partial charge in [-0.2, -0.15) is 21.0 Å². The van der Waals surface area contributed by atoms with Gasteiger partial charge in [0.05, 0.1) is 33.6 Å². The number of piperazine rings is 1. The lowest BCUT2D eigenvalue weighted by Gasteiger charge is -2.38. The van der Waals surface area contributed by atoms with Crippen molar-refractivity contribution in [1.29, 1.82) is 21.0 Å². The first-order valence-corrected chi connectivity index (χ1v) is 8.09. The third-order valence-corrected chi connectivity index (χ3v) is 4.47. The van der Waals surface area contributed by atoms with Crippen molar-refractivity contribution in [2.75, 3.05) is 36.0 Å². The van der Waals surface area contributed by atoms with Crippen LogP contribution in [0.15, 0.2) is 36.4 Å². The fourth-order valence-corrected chi connectivity index (χ4v) is 3.28. The van der Waals surface area contributed by atoms with Gasteiger partial charge in [0.25, 0.3) is 0 Å². The second-order valence-corrected chi connectivity index (χ2v) is 5.82. The molecule has 0 atom stereocenters. The Kier molecular flexibility index (Phi) is 4.71. The zero-order valence-electron chi connectivity index (χ0n) is 14.0. The Morgan fingerprint density at radius 1 is 0.538 bits per heavy atom. The second kappa shape index (κ2) is 7.27. The Bertz CT molecular complexity index is 857. The monoisotopic (exact) mass is 338 g/mol. The van der Waals surface area contributed by atoms with E-state index in [0.29, 0.717) is 59.8 Å². The van der Waals surface area contributed by atoms with Crippen LogP contribution in [0.1, 0.15) is 22.3 Å². The highest BCUT2D eigenvalue weighted by atomic mass is 15.3. The van der Waals surface area contributed by atoms with Gasteiger partial charge in [-0.05, 0) is 24.3 Å². The number of rotatable bonds is 2. The highest BCUT2D eigenvalue weighted by Gasteiger charge is 2.24. The third kappa shape index (κ3) is 2.89. The van der Waals surface area contributed by atoms with Crippen molar-refractivity contribution < 1.29 is 0 Å². The molecule has 124 valence electrons. The number of nitrogens with zero attached hydrogens (tertiary/aromatic N) is 6. The highest BCUT2D eigenvalue weighted by Crippen LogP contribution is 2.29. The summed E-state index contributed by atoms with van der Waals surface area (Å²) in [6, 6.07) is 18.9. The number of benzene rings is 2. The highest BCUT2D eigenvalue weighted by molar-refractivity contribution is 5.71. The molecule has 1 heterocycles. The minimum absolute atomic E-state index is 0.479. The van der Waals surface area contributed by atoms with Crippen LogP contribution in [0.4, 0.5) is 11.4 Å². The maximum atomic E-state index is 9.37. The number of hydrogen-bond acceptors (Lipinski definition) is 6. The van der Waals surface area contributed by atoms with E-state index in [0.717, 1.165) is 0 Å². The second-order valence-electron chi connectivity index (χ2n) is 5.82. The lowest BCUT2D eigenvalue weighted by atomic mass is 10.0. The zero-order chi connectivity index (χ0) is 18.5. The predicted molar refractivity (Wildman–Crippen MR) is 96.2 cm³/mol. The van der Waals surface area contributed by atoms with E-state index in [1.165, 1.54) is 0 Å². The number of nitriles is 4. The topological polar surface area (TPSA) is 102 Å². The van der Waals surface area contributed by atoms with Crippen LogP contribution in [0.25, 0.3) is 0 Å². The van der Waals surface area contributed by atoms with Gasteiger partial charge in [-0.25, -0.2) is 0 Å². The first-order chi connectivity index (χ1) is 12.7. The lowest BCUT2D eigenvalue weighted by molar-refractivity contribution is 0.651. The first-order valence-electron chi connectivity index (χ1n) is 8.09.